The van der Waals surface area contributed by atoms with Gasteiger partial charge in [0, 0.05) is 15.4 Å². The minimum atomic E-state index is -0.313. The predicted molar refractivity (Wildman–Crippen MR) is 119 cm³/mol. The molecular weight excluding hydrogens is 473 g/mol. The van der Waals surface area contributed by atoms with Gasteiger partial charge in [0.25, 0.3) is 0 Å². The van der Waals surface area contributed by atoms with Crippen molar-refractivity contribution in [3.63, 3.8) is 0 Å². The number of anilines is 1. The lowest BCUT2D eigenvalue weighted by Gasteiger charge is -2.07. The quantitative estimate of drug-likeness (QED) is 0.253. The number of hydrogen-bond acceptors (Lipinski definition) is 7. The number of hydrogen-bond donors (Lipinski definition) is 1. The number of hydrazone groups is 1. The summed E-state index contributed by atoms with van der Waals surface area (Å²) < 4.78 is 25.1. The summed E-state index contributed by atoms with van der Waals surface area (Å²) in [4.78, 5) is 15.7. The minimum Gasteiger partial charge on any atom is -0.489 e. The second-order valence-corrected chi connectivity index (χ2v) is 7.86. The molecule has 9 heteroatoms. The van der Waals surface area contributed by atoms with Crippen molar-refractivity contribution in [3.8, 4) is 5.75 Å². The van der Waals surface area contributed by atoms with Gasteiger partial charge in [-0.2, -0.15) is 5.10 Å². The Kier molecular flexibility index (Phi) is 7.92. The van der Waals surface area contributed by atoms with Crippen molar-refractivity contribution in [2.24, 2.45) is 5.10 Å². The van der Waals surface area contributed by atoms with E-state index in [2.05, 4.69) is 31.4 Å². The Morgan fingerprint density at radius 1 is 1.30 bits per heavy atom. The highest BCUT2D eigenvalue weighted by Crippen LogP contribution is 2.19. The van der Waals surface area contributed by atoms with Crippen molar-refractivity contribution in [3.05, 3.63) is 75.0 Å². The van der Waals surface area contributed by atoms with Crippen LogP contribution >= 0.6 is 27.3 Å². The number of esters is 1. The maximum Gasteiger partial charge on any atom is 0.311 e. The first kappa shape index (κ1) is 21.9. The van der Waals surface area contributed by atoms with Crippen LogP contribution in [0, 0.1) is 5.82 Å². The Labute approximate surface area is 185 Å². The standard InChI is InChI=1S/C21H19BrFN3O3S/c1-2-28-20(27)10-17-13-30-21(25-17)26-24-11-14-3-7-18(8-4-14)29-12-15-5-6-16(22)9-19(15)23/h3-9,11,13H,2,10,12H2,1H3,(H,25,26). The van der Waals surface area contributed by atoms with Gasteiger partial charge in [0.2, 0.25) is 5.13 Å². The van der Waals surface area contributed by atoms with E-state index in [0.29, 0.717) is 33.2 Å². The van der Waals surface area contributed by atoms with Crippen LogP contribution in [0.15, 0.2) is 57.4 Å². The summed E-state index contributed by atoms with van der Waals surface area (Å²) in [6, 6.07) is 12.1. The summed E-state index contributed by atoms with van der Waals surface area (Å²) in [5.41, 5.74) is 4.82. The van der Waals surface area contributed by atoms with Crippen molar-refractivity contribution in [1.29, 1.82) is 0 Å². The molecule has 1 aromatic heterocycles. The van der Waals surface area contributed by atoms with Crippen molar-refractivity contribution >= 4 is 44.6 Å². The first-order valence-corrected chi connectivity index (χ1v) is 10.8. The third kappa shape index (κ3) is 6.64. The number of carbonyl (C=O) groups is 1. The highest BCUT2D eigenvalue weighted by atomic mass is 79.9. The van der Waals surface area contributed by atoms with Crippen LogP contribution in [0.5, 0.6) is 5.75 Å². The molecule has 1 N–H and O–H groups in total. The van der Waals surface area contributed by atoms with Crippen LogP contribution in [0.25, 0.3) is 0 Å². The molecule has 0 unspecified atom stereocenters. The lowest BCUT2D eigenvalue weighted by atomic mass is 10.2. The largest absolute Gasteiger partial charge is 0.489 e. The number of carbonyl (C=O) groups excluding carboxylic acids is 1. The van der Waals surface area contributed by atoms with Crippen LogP contribution in [0.1, 0.15) is 23.7 Å². The molecule has 2 aromatic carbocycles. The topological polar surface area (TPSA) is 72.8 Å². The molecule has 0 atom stereocenters. The number of aromatic nitrogens is 1. The molecule has 0 aliphatic rings. The fraction of sp³-hybridized carbons (Fsp3) is 0.190. The van der Waals surface area contributed by atoms with Crippen LogP contribution < -0.4 is 10.2 Å². The Morgan fingerprint density at radius 3 is 2.83 bits per heavy atom. The highest BCUT2D eigenvalue weighted by molar-refractivity contribution is 9.10. The molecule has 3 aromatic rings. The molecule has 0 fully saturated rings. The molecule has 30 heavy (non-hydrogen) atoms. The van der Waals surface area contributed by atoms with Crippen LogP contribution in [0.2, 0.25) is 0 Å². The van der Waals surface area contributed by atoms with Gasteiger partial charge in [-0.1, -0.05) is 22.0 Å². The van der Waals surface area contributed by atoms with E-state index in [1.54, 1.807) is 42.8 Å². The average Bonchev–Trinajstić information content (AvgIpc) is 3.15. The molecule has 0 radical (unpaired) electrons. The molecule has 0 spiro atoms. The third-order valence-corrected chi connectivity index (χ3v) is 5.13. The zero-order valence-electron chi connectivity index (χ0n) is 16.1. The number of ether oxygens (including phenoxy) is 2. The van der Waals surface area contributed by atoms with E-state index in [-0.39, 0.29) is 24.8 Å². The number of nitrogens with zero attached hydrogens (tertiary/aromatic N) is 2. The van der Waals surface area contributed by atoms with Gasteiger partial charge in [-0.25, -0.2) is 9.37 Å². The maximum absolute atomic E-state index is 13.8. The van der Waals surface area contributed by atoms with Crippen molar-refractivity contribution in [2.75, 3.05) is 12.0 Å². The molecule has 0 saturated carbocycles. The zero-order valence-corrected chi connectivity index (χ0v) is 18.5. The summed E-state index contributed by atoms with van der Waals surface area (Å²) >= 11 is 4.59. The molecule has 1 heterocycles. The van der Waals surface area contributed by atoms with E-state index in [1.165, 1.54) is 17.4 Å². The summed E-state index contributed by atoms with van der Waals surface area (Å²) in [6.07, 6.45) is 1.78. The molecular formula is C21H19BrFN3O3S. The second kappa shape index (κ2) is 10.8. The van der Waals surface area contributed by atoms with Gasteiger partial charge in [-0.15, -0.1) is 11.3 Å². The fourth-order valence-corrected chi connectivity index (χ4v) is 3.40. The van der Waals surface area contributed by atoms with Gasteiger partial charge in [-0.05, 0) is 48.9 Å². The maximum atomic E-state index is 13.8. The molecule has 0 bridgehead atoms. The molecule has 0 aliphatic carbocycles. The Balaban J connectivity index is 1.49. The first-order chi connectivity index (χ1) is 14.5. The van der Waals surface area contributed by atoms with E-state index in [9.17, 15) is 9.18 Å². The van der Waals surface area contributed by atoms with Crippen molar-refractivity contribution in [2.45, 2.75) is 20.0 Å². The molecule has 6 nitrogen and oxygen atoms in total. The summed E-state index contributed by atoms with van der Waals surface area (Å²) in [5, 5.41) is 6.52. The van der Waals surface area contributed by atoms with Crippen LogP contribution in [0.4, 0.5) is 9.52 Å². The van der Waals surface area contributed by atoms with Gasteiger partial charge >= 0.3 is 5.97 Å². The number of rotatable bonds is 9. The zero-order chi connectivity index (χ0) is 21.3. The molecule has 0 saturated heterocycles. The average molecular weight is 492 g/mol. The van der Waals surface area contributed by atoms with E-state index < -0.39 is 0 Å². The molecule has 3 rings (SSSR count). The molecule has 156 valence electrons. The van der Waals surface area contributed by atoms with Gasteiger partial charge in [0.1, 0.15) is 18.2 Å². The minimum absolute atomic E-state index is 0.140. The van der Waals surface area contributed by atoms with Crippen LogP contribution in [-0.2, 0) is 22.6 Å². The highest BCUT2D eigenvalue weighted by Gasteiger charge is 2.08. The van der Waals surface area contributed by atoms with Gasteiger partial charge < -0.3 is 9.47 Å². The number of nitrogens with one attached hydrogen (secondary N) is 1. The normalized spacial score (nSPS) is 10.9. The predicted octanol–water partition coefficient (Wildman–Crippen LogP) is 5.18. The van der Waals surface area contributed by atoms with Crippen LogP contribution in [-0.4, -0.2) is 23.8 Å². The summed E-state index contributed by atoms with van der Waals surface area (Å²) in [6.45, 7) is 2.26. The van der Waals surface area contributed by atoms with Crippen molar-refractivity contribution < 1.29 is 18.7 Å². The monoisotopic (exact) mass is 491 g/mol. The third-order valence-electron chi connectivity index (χ3n) is 3.85. The first-order valence-electron chi connectivity index (χ1n) is 9.09. The van der Waals surface area contributed by atoms with Gasteiger partial charge in [-0.3, -0.25) is 10.2 Å². The van der Waals surface area contributed by atoms with E-state index in [4.69, 9.17) is 9.47 Å². The Morgan fingerprint density at radius 2 is 2.10 bits per heavy atom. The SMILES string of the molecule is CCOC(=O)Cc1csc(NN=Cc2ccc(OCc3ccc(Br)cc3F)cc2)n1. The van der Waals surface area contributed by atoms with E-state index in [1.807, 2.05) is 12.1 Å². The number of benzene rings is 2. The second-order valence-electron chi connectivity index (χ2n) is 6.09. The lowest BCUT2D eigenvalue weighted by molar-refractivity contribution is -0.142. The lowest BCUT2D eigenvalue weighted by Crippen LogP contribution is -2.07. The fourth-order valence-electron chi connectivity index (χ4n) is 2.41. The number of thiazole rings is 1. The Hall–Kier alpha value is -2.78. The smallest absolute Gasteiger partial charge is 0.311 e. The molecule has 0 amide bonds. The summed E-state index contributed by atoms with van der Waals surface area (Å²) in [7, 11) is 0. The van der Waals surface area contributed by atoms with E-state index in [0.717, 1.165) is 5.56 Å². The Bertz CT molecular complexity index is 1020. The summed E-state index contributed by atoms with van der Waals surface area (Å²) in [5.74, 6) is 0.0146. The van der Waals surface area contributed by atoms with Gasteiger partial charge in [0.05, 0.1) is 24.9 Å². The molecule has 0 aliphatic heterocycles. The van der Waals surface area contributed by atoms with Crippen molar-refractivity contribution in [1.82, 2.24) is 4.98 Å². The van der Waals surface area contributed by atoms with E-state index >= 15 is 0 Å². The van der Waals surface area contributed by atoms with Gasteiger partial charge in [0.15, 0.2) is 0 Å². The number of halogens is 2. The van der Waals surface area contributed by atoms with Crippen LogP contribution in [0.3, 0.4) is 0 Å².